The van der Waals surface area contributed by atoms with Gasteiger partial charge in [0.15, 0.2) is 11.6 Å². The summed E-state index contributed by atoms with van der Waals surface area (Å²) in [6.07, 6.45) is 3.53. The molecule has 1 aromatic heterocycles. The van der Waals surface area contributed by atoms with Gasteiger partial charge in [0.1, 0.15) is 0 Å². The van der Waals surface area contributed by atoms with Crippen LogP contribution in [-0.4, -0.2) is 24.7 Å². The van der Waals surface area contributed by atoms with Gasteiger partial charge in [-0.1, -0.05) is 13.3 Å². The Kier molecular flexibility index (Phi) is 5.04. The first-order chi connectivity index (χ1) is 7.27. The fraction of sp³-hybridized carbons (Fsp3) is 0.545. The molecule has 4 heteroatoms. The van der Waals surface area contributed by atoms with Crippen LogP contribution in [0.1, 0.15) is 19.8 Å². The smallest absolute Gasteiger partial charge is 0.165 e. The first-order valence-electron chi connectivity index (χ1n) is 5.14. The fourth-order valence-corrected chi connectivity index (χ4v) is 1.43. The summed E-state index contributed by atoms with van der Waals surface area (Å²) in [4.78, 5) is 3.94. The van der Waals surface area contributed by atoms with Crippen LogP contribution in [-0.2, 0) is 4.74 Å². The predicted molar refractivity (Wildman–Crippen MR) is 58.4 cm³/mol. The Morgan fingerprint density at radius 1 is 1.60 bits per heavy atom. The molecule has 0 aliphatic rings. The Morgan fingerprint density at radius 3 is 3.00 bits per heavy atom. The van der Waals surface area contributed by atoms with Crippen molar-refractivity contribution in [2.45, 2.75) is 25.8 Å². The van der Waals surface area contributed by atoms with Crippen molar-refractivity contribution in [2.75, 3.05) is 19.0 Å². The van der Waals surface area contributed by atoms with Crippen LogP contribution in [0.25, 0.3) is 0 Å². The van der Waals surface area contributed by atoms with E-state index in [1.54, 1.807) is 19.4 Å². The third-order valence-electron chi connectivity index (χ3n) is 2.10. The molecule has 0 saturated heterocycles. The number of hydrogen-bond donors (Lipinski definition) is 1. The number of methoxy groups -OCH3 is 1. The molecule has 0 saturated carbocycles. The first-order valence-corrected chi connectivity index (χ1v) is 5.14. The molecule has 0 spiro atoms. The molecule has 0 aliphatic heterocycles. The number of nitrogens with one attached hydrogen (secondary N) is 1. The Balaban J connectivity index is 2.60. The lowest BCUT2D eigenvalue weighted by molar-refractivity contribution is 0.182. The minimum absolute atomic E-state index is 0.115. The van der Waals surface area contributed by atoms with Gasteiger partial charge in [0.05, 0.1) is 12.6 Å². The number of pyridine rings is 1. The molecule has 1 unspecified atom stereocenters. The molecule has 0 amide bonds. The van der Waals surface area contributed by atoms with Crippen molar-refractivity contribution in [1.82, 2.24) is 4.98 Å². The molecule has 1 atom stereocenters. The van der Waals surface area contributed by atoms with Gasteiger partial charge in [0, 0.05) is 13.3 Å². The average Bonchev–Trinajstić information content (AvgIpc) is 2.22. The highest BCUT2D eigenvalue weighted by Gasteiger charge is 2.10. The molecule has 1 heterocycles. The van der Waals surface area contributed by atoms with E-state index in [1.807, 2.05) is 0 Å². The summed E-state index contributed by atoms with van der Waals surface area (Å²) in [6.45, 7) is 2.64. The van der Waals surface area contributed by atoms with E-state index >= 15 is 0 Å². The van der Waals surface area contributed by atoms with Crippen LogP contribution < -0.4 is 5.32 Å². The van der Waals surface area contributed by atoms with Gasteiger partial charge < -0.3 is 10.1 Å². The molecule has 0 fully saturated rings. The number of halogens is 1. The lowest BCUT2D eigenvalue weighted by Gasteiger charge is -2.17. The average molecular weight is 212 g/mol. The van der Waals surface area contributed by atoms with E-state index < -0.39 is 0 Å². The summed E-state index contributed by atoms with van der Waals surface area (Å²) in [5.41, 5.74) is 0. The summed E-state index contributed by atoms with van der Waals surface area (Å²) in [7, 11) is 1.64. The van der Waals surface area contributed by atoms with E-state index in [1.165, 1.54) is 6.07 Å². The summed E-state index contributed by atoms with van der Waals surface area (Å²) >= 11 is 0. The second kappa shape index (κ2) is 6.35. The number of rotatable bonds is 6. The van der Waals surface area contributed by atoms with Crippen LogP contribution in [0.5, 0.6) is 0 Å². The van der Waals surface area contributed by atoms with Crippen molar-refractivity contribution in [3.05, 3.63) is 24.1 Å². The highest BCUT2D eigenvalue weighted by Crippen LogP contribution is 2.12. The number of hydrogen-bond acceptors (Lipinski definition) is 3. The van der Waals surface area contributed by atoms with Crippen molar-refractivity contribution in [2.24, 2.45) is 0 Å². The zero-order chi connectivity index (χ0) is 11.1. The number of ether oxygens (including phenoxy) is 1. The maximum Gasteiger partial charge on any atom is 0.165 e. The Morgan fingerprint density at radius 2 is 2.40 bits per heavy atom. The largest absolute Gasteiger partial charge is 0.383 e. The van der Waals surface area contributed by atoms with Crippen molar-refractivity contribution >= 4 is 5.82 Å². The second-order valence-corrected chi connectivity index (χ2v) is 3.42. The van der Waals surface area contributed by atoms with Gasteiger partial charge in [-0.25, -0.2) is 9.37 Å². The summed E-state index contributed by atoms with van der Waals surface area (Å²) in [5, 5.41) is 3.04. The summed E-state index contributed by atoms with van der Waals surface area (Å²) < 4.78 is 18.3. The van der Waals surface area contributed by atoms with Gasteiger partial charge in [-0.3, -0.25) is 0 Å². The van der Waals surface area contributed by atoms with E-state index in [4.69, 9.17) is 4.74 Å². The van der Waals surface area contributed by atoms with Crippen LogP contribution in [0.15, 0.2) is 18.3 Å². The maximum atomic E-state index is 13.3. The van der Waals surface area contributed by atoms with E-state index in [0.717, 1.165) is 12.8 Å². The SMILES string of the molecule is CCCC(COC)Nc1ncccc1F. The van der Waals surface area contributed by atoms with Crippen molar-refractivity contribution in [1.29, 1.82) is 0 Å². The van der Waals surface area contributed by atoms with Crippen molar-refractivity contribution in [3.8, 4) is 0 Å². The van der Waals surface area contributed by atoms with Crippen LogP contribution >= 0.6 is 0 Å². The number of aromatic nitrogens is 1. The quantitative estimate of drug-likeness (QED) is 0.786. The second-order valence-electron chi connectivity index (χ2n) is 3.42. The predicted octanol–water partition coefficient (Wildman–Crippen LogP) is 2.45. The highest BCUT2D eigenvalue weighted by atomic mass is 19.1. The fourth-order valence-electron chi connectivity index (χ4n) is 1.43. The Labute approximate surface area is 89.7 Å². The number of nitrogens with zero attached hydrogens (tertiary/aromatic N) is 1. The van der Waals surface area contributed by atoms with Crippen LogP contribution in [0, 0.1) is 5.82 Å². The molecule has 84 valence electrons. The van der Waals surface area contributed by atoms with E-state index in [9.17, 15) is 4.39 Å². The van der Waals surface area contributed by atoms with Gasteiger partial charge in [-0.2, -0.15) is 0 Å². The molecule has 15 heavy (non-hydrogen) atoms. The van der Waals surface area contributed by atoms with Gasteiger partial charge in [-0.15, -0.1) is 0 Å². The van der Waals surface area contributed by atoms with E-state index in [0.29, 0.717) is 12.4 Å². The standard InChI is InChI=1S/C11H17FN2O/c1-3-5-9(8-15-2)14-11-10(12)6-4-7-13-11/h4,6-7,9H,3,5,8H2,1-2H3,(H,13,14). The molecule has 0 aliphatic carbocycles. The Hall–Kier alpha value is -1.16. The monoisotopic (exact) mass is 212 g/mol. The molecule has 1 N–H and O–H groups in total. The van der Waals surface area contributed by atoms with Gasteiger partial charge in [0.2, 0.25) is 0 Å². The topological polar surface area (TPSA) is 34.1 Å². The lowest BCUT2D eigenvalue weighted by atomic mass is 10.2. The Bertz CT molecular complexity index is 288. The zero-order valence-electron chi connectivity index (χ0n) is 9.16. The summed E-state index contributed by atoms with van der Waals surface area (Å²) in [6, 6.07) is 3.08. The van der Waals surface area contributed by atoms with E-state index in [-0.39, 0.29) is 11.9 Å². The van der Waals surface area contributed by atoms with Crippen LogP contribution in [0.4, 0.5) is 10.2 Å². The van der Waals surface area contributed by atoms with Crippen molar-refractivity contribution in [3.63, 3.8) is 0 Å². The lowest BCUT2D eigenvalue weighted by Crippen LogP contribution is -2.25. The highest BCUT2D eigenvalue weighted by molar-refractivity contribution is 5.36. The summed E-state index contributed by atoms with van der Waals surface area (Å²) in [5.74, 6) is -0.0253. The molecule has 0 bridgehead atoms. The molecule has 0 radical (unpaired) electrons. The van der Waals surface area contributed by atoms with Crippen molar-refractivity contribution < 1.29 is 9.13 Å². The number of anilines is 1. The molecule has 3 nitrogen and oxygen atoms in total. The molecular formula is C11H17FN2O. The molecular weight excluding hydrogens is 195 g/mol. The minimum Gasteiger partial charge on any atom is -0.383 e. The third kappa shape index (κ3) is 3.83. The first kappa shape index (κ1) is 11.9. The van der Waals surface area contributed by atoms with Gasteiger partial charge >= 0.3 is 0 Å². The van der Waals surface area contributed by atoms with Gasteiger partial charge in [0.25, 0.3) is 0 Å². The maximum absolute atomic E-state index is 13.3. The minimum atomic E-state index is -0.324. The molecule has 1 rings (SSSR count). The normalized spacial score (nSPS) is 12.5. The third-order valence-corrected chi connectivity index (χ3v) is 2.10. The zero-order valence-corrected chi connectivity index (χ0v) is 9.16. The van der Waals surface area contributed by atoms with E-state index in [2.05, 4.69) is 17.2 Å². The molecule has 0 aromatic carbocycles. The van der Waals surface area contributed by atoms with Gasteiger partial charge in [-0.05, 0) is 18.6 Å². The molecule has 1 aromatic rings. The van der Waals surface area contributed by atoms with Crippen LogP contribution in [0.2, 0.25) is 0 Å². The van der Waals surface area contributed by atoms with Crippen LogP contribution in [0.3, 0.4) is 0 Å².